The molecule has 0 unspecified atom stereocenters. The highest BCUT2D eigenvalue weighted by Crippen LogP contribution is 2.07. The van der Waals surface area contributed by atoms with Gasteiger partial charge in [-0.2, -0.15) is 4.98 Å². The topological polar surface area (TPSA) is 63.3 Å². The van der Waals surface area contributed by atoms with Crippen molar-refractivity contribution in [3.8, 4) is 5.88 Å². The lowest BCUT2D eigenvalue weighted by molar-refractivity contribution is -0.116. The fourth-order valence-corrected chi connectivity index (χ4v) is 0.595. The van der Waals surface area contributed by atoms with Crippen LogP contribution in [0.3, 0.4) is 0 Å². The van der Waals surface area contributed by atoms with Crippen molar-refractivity contribution in [2.24, 2.45) is 0 Å². The number of aromatic nitrogens is 1. The van der Waals surface area contributed by atoms with Crippen molar-refractivity contribution in [3.05, 3.63) is 12.2 Å². The van der Waals surface area contributed by atoms with Crippen LogP contribution < -0.4 is 0 Å². The number of carbonyl (C=O) groups excluding carboxylic acids is 1. The summed E-state index contributed by atoms with van der Waals surface area (Å²) in [5.74, 6) is 0.0306. The van der Waals surface area contributed by atoms with Crippen LogP contribution in [0, 0.1) is 0 Å². The number of nitrogens with zero attached hydrogens (tertiary/aromatic N) is 1. The molecular formula is C6H7NO3. The molecule has 1 rings (SSSR count). The summed E-state index contributed by atoms with van der Waals surface area (Å²) in [6, 6.07) is 0. The Kier molecular flexibility index (Phi) is 1.71. The second kappa shape index (κ2) is 2.51. The Morgan fingerprint density at radius 2 is 2.60 bits per heavy atom. The van der Waals surface area contributed by atoms with Crippen LogP contribution in [0.4, 0.5) is 0 Å². The molecule has 0 fully saturated rings. The lowest BCUT2D eigenvalue weighted by atomic mass is 10.3. The Morgan fingerprint density at radius 3 is 3.00 bits per heavy atom. The average molecular weight is 141 g/mol. The molecule has 4 nitrogen and oxygen atoms in total. The highest BCUT2D eigenvalue weighted by Gasteiger charge is 2.03. The van der Waals surface area contributed by atoms with Crippen LogP contribution in [0.1, 0.15) is 12.8 Å². The van der Waals surface area contributed by atoms with Gasteiger partial charge in [-0.05, 0) is 6.92 Å². The first-order valence-corrected chi connectivity index (χ1v) is 2.81. The SMILES string of the molecule is CC(=O)Cc1nc(O)co1. The van der Waals surface area contributed by atoms with Gasteiger partial charge in [-0.3, -0.25) is 4.79 Å². The first-order chi connectivity index (χ1) is 4.68. The minimum Gasteiger partial charge on any atom is -0.491 e. The van der Waals surface area contributed by atoms with Gasteiger partial charge in [0.05, 0.1) is 6.42 Å². The van der Waals surface area contributed by atoms with Crippen molar-refractivity contribution in [2.75, 3.05) is 0 Å². The number of hydrogen-bond donors (Lipinski definition) is 1. The van der Waals surface area contributed by atoms with Gasteiger partial charge < -0.3 is 9.52 Å². The summed E-state index contributed by atoms with van der Waals surface area (Å²) in [4.78, 5) is 14.0. The smallest absolute Gasteiger partial charge is 0.250 e. The van der Waals surface area contributed by atoms with Crippen LogP contribution in [0.5, 0.6) is 5.88 Å². The molecule has 1 aromatic rings. The quantitative estimate of drug-likeness (QED) is 0.651. The van der Waals surface area contributed by atoms with Crippen molar-refractivity contribution >= 4 is 5.78 Å². The summed E-state index contributed by atoms with van der Waals surface area (Å²) in [5.41, 5.74) is 0. The van der Waals surface area contributed by atoms with Crippen molar-refractivity contribution < 1.29 is 14.3 Å². The molecule has 0 aliphatic carbocycles. The molecule has 0 aliphatic rings. The predicted octanol–water partition coefficient (Wildman–Crippen LogP) is 0.512. The maximum atomic E-state index is 10.4. The number of oxazole rings is 1. The zero-order valence-electron chi connectivity index (χ0n) is 5.50. The third kappa shape index (κ3) is 1.58. The van der Waals surface area contributed by atoms with Gasteiger partial charge in [-0.25, -0.2) is 0 Å². The van der Waals surface area contributed by atoms with Crippen molar-refractivity contribution in [1.82, 2.24) is 4.98 Å². The highest BCUT2D eigenvalue weighted by atomic mass is 16.4. The molecule has 4 heteroatoms. The molecule has 0 saturated heterocycles. The number of rotatable bonds is 2. The molecular weight excluding hydrogens is 134 g/mol. The average Bonchev–Trinajstić information content (AvgIpc) is 2.13. The first-order valence-electron chi connectivity index (χ1n) is 2.81. The minimum absolute atomic E-state index is 0.0400. The van der Waals surface area contributed by atoms with Gasteiger partial charge in [-0.15, -0.1) is 0 Å². The Hall–Kier alpha value is -1.32. The van der Waals surface area contributed by atoms with Crippen LogP contribution >= 0.6 is 0 Å². The molecule has 0 aliphatic heterocycles. The minimum atomic E-state index is -0.184. The second-order valence-electron chi connectivity index (χ2n) is 1.98. The lowest BCUT2D eigenvalue weighted by Crippen LogP contribution is -1.95. The number of carbonyl (C=O) groups is 1. The number of ketones is 1. The van der Waals surface area contributed by atoms with E-state index in [-0.39, 0.29) is 24.0 Å². The van der Waals surface area contributed by atoms with Gasteiger partial charge in [0.25, 0.3) is 0 Å². The van der Waals surface area contributed by atoms with Crippen molar-refractivity contribution in [2.45, 2.75) is 13.3 Å². The fraction of sp³-hybridized carbons (Fsp3) is 0.333. The molecule has 0 aromatic carbocycles. The summed E-state index contributed by atoms with van der Waals surface area (Å²) in [6.07, 6.45) is 1.23. The van der Waals surface area contributed by atoms with Gasteiger partial charge in [0, 0.05) is 0 Å². The number of hydrogen-bond acceptors (Lipinski definition) is 4. The Balaban J connectivity index is 2.67. The molecule has 0 saturated carbocycles. The van der Waals surface area contributed by atoms with E-state index in [4.69, 9.17) is 9.52 Å². The number of aromatic hydroxyl groups is 1. The normalized spacial score (nSPS) is 9.70. The van der Waals surface area contributed by atoms with Gasteiger partial charge in [0.15, 0.2) is 6.26 Å². The Morgan fingerprint density at radius 1 is 1.90 bits per heavy atom. The largest absolute Gasteiger partial charge is 0.491 e. The van der Waals surface area contributed by atoms with Gasteiger partial charge >= 0.3 is 0 Å². The van der Waals surface area contributed by atoms with Gasteiger partial charge in [-0.1, -0.05) is 0 Å². The highest BCUT2D eigenvalue weighted by molar-refractivity contribution is 5.77. The third-order valence-electron chi connectivity index (χ3n) is 0.940. The van der Waals surface area contributed by atoms with E-state index in [9.17, 15) is 4.79 Å². The Labute approximate surface area is 57.5 Å². The van der Waals surface area contributed by atoms with E-state index in [1.165, 1.54) is 6.92 Å². The molecule has 0 spiro atoms. The second-order valence-corrected chi connectivity index (χ2v) is 1.98. The van der Waals surface area contributed by atoms with E-state index >= 15 is 0 Å². The molecule has 0 atom stereocenters. The van der Waals surface area contributed by atoms with Crippen LogP contribution in [0.25, 0.3) is 0 Å². The van der Waals surface area contributed by atoms with E-state index in [1.54, 1.807) is 0 Å². The summed E-state index contributed by atoms with van der Waals surface area (Å²) < 4.78 is 4.69. The molecule has 0 amide bonds. The molecule has 0 bridgehead atoms. The van der Waals surface area contributed by atoms with E-state index in [1.807, 2.05) is 0 Å². The van der Waals surface area contributed by atoms with E-state index in [0.29, 0.717) is 0 Å². The Bertz CT molecular complexity index is 241. The van der Waals surface area contributed by atoms with E-state index in [2.05, 4.69) is 4.98 Å². The monoisotopic (exact) mass is 141 g/mol. The summed E-state index contributed by atoms with van der Waals surface area (Å²) in [5, 5.41) is 8.65. The zero-order chi connectivity index (χ0) is 7.56. The lowest BCUT2D eigenvalue weighted by Gasteiger charge is -1.84. The molecule has 0 radical (unpaired) electrons. The maximum absolute atomic E-state index is 10.4. The van der Waals surface area contributed by atoms with Crippen molar-refractivity contribution in [1.29, 1.82) is 0 Å². The number of Topliss-reactive ketones (excluding diaryl/α,β-unsaturated/α-hetero) is 1. The van der Waals surface area contributed by atoms with Crippen LogP contribution in [-0.2, 0) is 11.2 Å². The van der Waals surface area contributed by atoms with Crippen LogP contribution in [-0.4, -0.2) is 15.9 Å². The molecule has 54 valence electrons. The van der Waals surface area contributed by atoms with Gasteiger partial charge in [0.2, 0.25) is 11.8 Å². The summed E-state index contributed by atoms with van der Waals surface area (Å²) in [7, 11) is 0. The maximum Gasteiger partial charge on any atom is 0.250 e. The molecule has 10 heavy (non-hydrogen) atoms. The van der Waals surface area contributed by atoms with Crippen LogP contribution in [0.15, 0.2) is 10.7 Å². The standard InChI is InChI=1S/C6H7NO3/c1-4(8)2-6-7-5(9)3-10-6/h3,9H,2H2,1H3. The van der Waals surface area contributed by atoms with E-state index in [0.717, 1.165) is 6.26 Å². The molecule has 1 aromatic heterocycles. The third-order valence-corrected chi connectivity index (χ3v) is 0.940. The van der Waals surface area contributed by atoms with Gasteiger partial charge in [0.1, 0.15) is 5.78 Å². The predicted molar refractivity (Wildman–Crippen MR) is 32.6 cm³/mol. The first kappa shape index (κ1) is 6.80. The molecule has 1 heterocycles. The molecule has 1 N–H and O–H groups in total. The zero-order valence-corrected chi connectivity index (χ0v) is 5.50. The summed E-state index contributed by atoms with van der Waals surface area (Å²) in [6.45, 7) is 1.43. The van der Waals surface area contributed by atoms with Crippen molar-refractivity contribution in [3.63, 3.8) is 0 Å². The van der Waals surface area contributed by atoms with Crippen LogP contribution in [0.2, 0.25) is 0 Å². The van der Waals surface area contributed by atoms with E-state index < -0.39 is 0 Å². The fourth-order valence-electron chi connectivity index (χ4n) is 0.595. The summed E-state index contributed by atoms with van der Waals surface area (Å²) >= 11 is 0.